The average molecular weight is 907 g/mol. The number of hydrogen-bond acceptors (Lipinski definition) is 3. The largest absolute Gasteiger partial charge is 0.400 e. The smallest absolute Gasteiger partial charge is 0.329 e. The fraction of sp³-hybridized carbons (Fsp3) is 0.375. The zero-order valence-corrected chi connectivity index (χ0v) is 43.4. The maximum absolute atomic E-state index is 3.03. The van der Waals surface area contributed by atoms with Crippen molar-refractivity contribution in [3.63, 3.8) is 0 Å². The van der Waals surface area contributed by atoms with Crippen LogP contribution in [0.2, 0.25) is 0 Å². The van der Waals surface area contributed by atoms with Crippen molar-refractivity contribution in [3.8, 4) is 22.3 Å². The Kier molecular flexibility index (Phi) is 8.63. The van der Waals surface area contributed by atoms with Crippen LogP contribution in [0.4, 0.5) is 22.7 Å². The van der Waals surface area contributed by atoms with E-state index in [1.807, 2.05) is 11.3 Å². The highest BCUT2D eigenvalue weighted by molar-refractivity contribution is 7.26. The van der Waals surface area contributed by atoms with E-state index >= 15 is 0 Å². The minimum absolute atomic E-state index is 0.00365. The van der Waals surface area contributed by atoms with Gasteiger partial charge in [0.2, 0.25) is 0 Å². The van der Waals surface area contributed by atoms with Gasteiger partial charge >= 0.3 is 6.85 Å². The molecule has 0 amide bonds. The fourth-order valence-corrected chi connectivity index (χ4v) is 15.5. The highest BCUT2D eigenvalue weighted by Gasteiger charge is 2.63. The SMILES string of the molecule is CC(C)(C)c1ccc(N2c3cc4ccccc4c4c3B(c3ccc5c(sc6cc7c(cc65)C(C)(C)CCC7(C)C)c32)N2c3c-4cc(C(C)(C)C)cc3C3(C)CCCCC23C)c(-c2ccccc2)c1. The van der Waals surface area contributed by atoms with E-state index in [1.165, 1.54) is 148 Å². The van der Waals surface area contributed by atoms with Crippen molar-refractivity contribution >= 4 is 82.8 Å². The molecule has 1 aromatic heterocycles. The molecule has 0 N–H and O–H groups in total. The lowest BCUT2D eigenvalue weighted by Gasteiger charge is -2.55. The molecule has 0 bridgehead atoms. The lowest BCUT2D eigenvalue weighted by molar-refractivity contribution is 0.199. The molecule has 4 heterocycles. The summed E-state index contributed by atoms with van der Waals surface area (Å²) in [5, 5.41) is 5.46. The first-order chi connectivity index (χ1) is 32.2. The Hall–Kier alpha value is -5.32. The van der Waals surface area contributed by atoms with Crippen molar-refractivity contribution in [2.24, 2.45) is 0 Å². The average Bonchev–Trinajstić information content (AvgIpc) is 3.78. The van der Waals surface area contributed by atoms with E-state index < -0.39 is 0 Å². The molecule has 3 aliphatic heterocycles. The summed E-state index contributed by atoms with van der Waals surface area (Å²) in [5.41, 5.74) is 21.4. The summed E-state index contributed by atoms with van der Waals surface area (Å²) >= 11 is 2.04. The maximum Gasteiger partial charge on any atom is 0.329 e. The van der Waals surface area contributed by atoms with E-state index in [-0.39, 0.29) is 39.5 Å². The molecule has 0 spiro atoms. The molecule has 2 nitrogen and oxygen atoms in total. The van der Waals surface area contributed by atoms with Crippen molar-refractivity contribution in [1.82, 2.24) is 0 Å². The van der Waals surface area contributed by atoms with Gasteiger partial charge in [0.15, 0.2) is 0 Å². The Morgan fingerprint density at radius 3 is 1.96 bits per heavy atom. The van der Waals surface area contributed by atoms with Gasteiger partial charge in [-0.1, -0.05) is 168 Å². The van der Waals surface area contributed by atoms with Gasteiger partial charge in [-0.2, -0.15) is 0 Å². The zero-order chi connectivity index (χ0) is 47.2. The molecule has 342 valence electrons. The molecule has 5 aliphatic rings. The van der Waals surface area contributed by atoms with Crippen LogP contribution in [-0.2, 0) is 27.1 Å². The fourth-order valence-electron chi connectivity index (χ4n) is 14.2. The third kappa shape index (κ3) is 5.59. The second-order valence-electron chi connectivity index (χ2n) is 25.5. The van der Waals surface area contributed by atoms with Crippen LogP contribution in [0.15, 0.2) is 115 Å². The van der Waals surface area contributed by atoms with Gasteiger partial charge in [-0.3, -0.25) is 0 Å². The van der Waals surface area contributed by atoms with E-state index in [0.29, 0.717) is 0 Å². The van der Waals surface area contributed by atoms with E-state index in [2.05, 4.69) is 208 Å². The predicted octanol–water partition coefficient (Wildman–Crippen LogP) is 16.8. The number of fused-ring (bicyclic) bond motifs is 14. The van der Waals surface area contributed by atoms with Crippen LogP contribution in [0.25, 0.3) is 53.2 Å². The monoisotopic (exact) mass is 907 g/mol. The van der Waals surface area contributed by atoms with E-state index in [4.69, 9.17) is 0 Å². The van der Waals surface area contributed by atoms with Crippen molar-refractivity contribution in [1.29, 1.82) is 0 Å². The molecule has 1 fully saturated rings. The molecular formula is C64H67BN2S. The lowest BCUT2D eigenvalue weighted by Crippen LogP contribution is -2.70. The second-order valence-corrected chi connectivity index (χ2v) is 26.5. The summed E-state index contributed by atoms with van der Waals surface area (Å²) in [4.78, 5) is 5.80. The maximum atomic E-state index is 3.03. The van der Waals surface area contributed by atoms with Gasteiger partial charge in [0.05, 0.1) is 16.1 Å². The Balaban J connectivity index is 1.22. The summed E-state index contributed by atoms with van der Waals surface area (Å²) in [5.74, 6) is 0. The Bertz CT molecular complexity index is 3490. The first-order valence-electron chi connectivity index (χ1n) is 25.8. The summed E-state index contributed by atoms with van der Waals surface area (Å²) in [7, 11) is 0. The summed E-state index contributed by atoms with van der Waals surface area (Å²) < 4.78 is 2.81. The normalized spacial score (nSPS) is 22.0. The molecular weight excluding hydrogens is 840 g/mol. The summed E-state index contributed by atoms with van der Waals surface area (Å²) in [6.45, 7) is 29.6. The number of nitrogens with zero attached hydrogens (tertiary/aromatic N) is 2. The van der Waals surface area contributed by atoms with Crippen LogP contribution in [0.5, 0.6) is 0 Å². The third-order valence-corrected chi connectivity index (χ3v) is 19.7. The van der Waals surface area contributed by atoms with Crippen molar-refractivity contribution in [2.75, 3.05) is 9.71 Å². The molecule has 13 rings (SSSR count). The molecule has 0 radical (unpaired) electrons. The van der Waals surface area contributed by atoms with E-state index in [1.54, 1.807) is 5.56 Å². The van der Waals surface area contributed by atoms with E-state index in [0.717, 1.165) is 0 Å². The van der Waals surface area contributed by atoms with Crippen molar-refractivity contribution in [3.05, 3.63) is 143 Å². The third-order valence-electron chi connectivity index (χ3n) is 18.6. The minimum Gasteiger partial charge on any atom is -0.400 e. The van der Waals surface area contributed by atoms with Gasteiger partial charge in [-0.15, -0.1) is 11.3 Å². The van der Waals surface area contributed by atoms with Gasteiger partial charge in [0.1, 0.15) is 0 Å². The van der Waals surface area contributed by atoms with Gasteiger partial charge in [0.25, 0.3) is 0 Å². The minimum atomic E-state index is -0.0710. The first kappa shape index (κ1) is 42.8. The molecule has 8 aromatic rings. The highest BCUT2D eigenvalue weighted by Crippen LogP contribution is 2.65. The quantitative estimate of drug-likeness (QED) is 0.160. The van der Waals surface area contributed by atoms with Crippen LogP contribution in [0.1, 0.15) is 149 Å². The standard InChI is InChI=1S/C64H67BN2S/c1-59(2,3)40-24-27-51(44(33-40)38-20-14-13-15-21-38)66-52-32-39-22-16-17-23-42(39)54-46-34-41(60(4,5)6)35-49-56(46)67(64(12)29-19-18-28-63(49,64)11)65(55(52)54)50-26-25-43-45-36-47-48(37-53(45)68-58(43)57(50)66)62(9,10)31-30-61(47,7)8/h13-17,20-27,32-37H,18-19,28-31H2,1-12H3. The zero-order valence-electron chi connectivity index (χ0n) is 42.6. The molecule has 2 atom stereocenters. The van der Waals surface area contributed by atoms with Crippen LogP contribution in [0.3, 0.4) is 0 Å². The van der Waals surface area contributed by atoms with Crippen LogP contribution >= 0.6 is 11.3 Å². The van der Waals surface area contributed by atoms with Crippen LogP contribution < -0.4 is 20.6 Å². The predicted molar refractivity (Wildman–Crippen MR) is 297 cm³/mol. The number of rotatable bonds is 2. The van der Waals surface area contributed by atoms with Gasteiger partial charge in [0, 0.05) is 48.9 Å². The molecule has 2 unspecified atom stereocenters. The molecule has 7 aromatic carbocycles. The number of thiophene rings is 1. The number of benzene rings is 7. The van der Waals surface area contributed by atoms with Crippen molar-refractivity contribution in [2.45, 2.75) is 154 Å². The summed E-state index contributed by atoms with van der Waals surface area (Å²) in [6, 6.07) is 46.3. The van der Waals surface area contributed by atoms with E-state index in [9.17, 15) is 0 Å². The summed E-state index contributed by atoms with van der Waals surface area (Å²) in [6.07, 6.45) is 7.35. The van der Waals surface area contributed by atoms with Crippen LogP contribution in [-0.4, -0.2) is 12.4 Å². The van der Waals surface area contributed by atoms with Crippen molar-refractivity contribution < 1.29 is 0 Å². The van der Waals surface area contributed by atoms with Gasteiger partial charge in [-0.05, 0) is 151 Å². The Labute approximate surface area is 409 Å². The molecule has 1 saturated carbocycles. The molecule has 0 saturated heterocycles. The van der Waals surface area contributed by atoms with Gasteiger partial charge < -0.3 is 9.71 Å². The van der Waals surface area contributed by atoms with Gasteiger partial charge in [-0.25, -0.2) is 0 Å². The molecule has 2 aliphatic carbocycles. The molecule has 4 heteroatoms. The first-order valence-corrected chi connectivity index (χ1v) is 26.6. The molecule has 68 heavy (non-hydrogen) atoms. The second kappa shape index (κ2) is 13.7. The Morgan fingerprint density at radius 1 is 0.544 bits per heavy atom. The highest BCUT2D eigenvalue weighted by atomic mass is 32.1. The number of anilines is 4. The Morgan fingerprint density at radius 2 is 1.22 bits per heavy atom. The topological polar surface area (TPSA) is 6.48 Å². The number of hydrogen-bond donors (Lipinski definition) is 0. The van der Waals surface area contributed by atoms with Crippen LogP contribution in [0, 0.1) is 0 Å². The lowest BCUT2D eigenvalue weighted by atomic mass is 9.42.